The van der Waals surface area contributed by atoms with Crippen LogP contribution in [0.5, 0.6) is 0 Å². The molecule has 13 rings (SSSR count). The van der Waals surface area contributed by atoms with Crippen LogP contribution in [0.2, 0.25) is 0 Å². The molecule has 0 N–H and O–H groups in total. The molecule has 0 radical (unpaired) electrons. The highest BCUT2D eigenvalue weighted by Gasteiger charge is 2.37. The van der Waals surface area contributed by atoms with Gasteiger partial charge in [0.1, 0.15) is 0 Å². The smallest absolute Gasteiger partial charge is 0.200 e. The van der Waals surface area contributed by atoms with Gasteiger partial charge >= 0.3 is 0 Å². The zero-order valence-corrected chi connectivity index (χ0v) is 52.6. The molecule has 0 fully saturated rings. The monoisotopic (exact) mass is 1570 g/mol. The average molecular weight is 1570 g/mol. The molecule has 0 atom stereocenters. The Hall–Kier alpha value is -9.36. The summed E-state index contributed by atoms with van der Waals surface area (Å²) in [6, 6.07) is 6.83. The van der Waals surface area contributed by atoms with E-state index in [2.05, 4.69) is 0 Å². The summed E-state index contributed by atoms with van der Waals surface area (Å²) in [5.74, 6) is -83.4. The zero-order chi connectivity index (χ0) is 73.9. The Balaban J connectivity index is 1.35. The first kappa shape index (κ1) is 71.1. The Morgan fingerprint density at radius 2 is 0.167 bits per heavy atom. The molecule has 102 heavy (non-hydrogen) atoms. The van der Waals surface area contributed by atoms with E-state index in [1.54, 1.807) is 0 Å². The van der Waals surface area contributed by atoms with Crippen LogP contribution >= 0.6 is 68.0 Å². The first-order valence-corrected chi connectivity index (χ1v) is 32.0. The molecule has 0 spiro atoms. The standard InChI is InChI=1S/C66H12F30S6/c67-37-31(38(68)50(80)61(91)49(37)79)25-13-1-2-14(97-13)26(32-39(69)51(81)62(92)52(82)40(32)70)16-5-6-18(99-16)28(34-43(73)55(85)64(94)56(86)44(34)74)20-9-10-22(101-20)30(36-47(77)59(89)66(96)60(90)48(36)78)24-12-11-23(102-24)29(35-45(75)57(87)65(95)58(88)46(35)76)21-8-7-19(100-21)27(17-4-3-15(25)98-17)33-41(71)53(83)63(93)54(84)42(33)72/h1-12H. The van der Waals surface area contributed by atoms with Crippen LogP contribution < -0.4 is 0 Å². The van der Waals surface area contributed by atoms with Crippen LogP contribution in [-0.4, -0.2) is 0 Å². The summed E-state index contributed by atoms with van der Waals surface area (Å²) in [4.78, 5) is 0. The lowest BCUT2D eigenvalue weighted by atomic mass is 10.0. The highest BCUT2D eigenvalue weighted by Crippen LogP contribution is 2.52. The largest absolute Gasteiger partial charge is 0.203 e. The van der Waals surface area contributed by atoms with Gasteiger partial charge in [0.15, 0.2) is 140 Å². The molecule has 7 heterocycles. The molecular formula is C66H12F30S6. The number of halogens is 30. The van der Waals surface area contributed by atoms with Crippen molar-refractivity contribution in [2.75, 3.05) is 0 Å². The number of hydrogen-bond acceptors (Lipinski definition) is 6. The molecule has 13 aromatic rings. The van der Waals surface area contributed by atoms with Crippen molar-refractivity contribution in [2.45, 2.75) is 0 Å². The predicted molar refractivity (Wildman–Crippen MR) is 323 cm³/mol. The molecule has 12 bridgehead atoms. The van der Waals surface area contributed by atoms with Gasteiger partial charge in [-0.25, -0.2) is 132 Å². The molecule has 0 aliphatic rings. The van der Waals surface area contributed by atoms with Crippen molar-refractivity contribution < 1.29 is 132 Å². The second-order valence-electron chi connectivity index (χ2n) is 20.9. The van der Waals surface area contributed by atoms with Crippen molar-refractivity contribution in [2.24, 2.45) is 0 Å². The molecule has 0 saturated carbocycles. The highest BCUT2D eigenvalue weighted by molar-refractivity contribution is 7.30. The van der Waals surface area contributed by atoms with Gasteiger partial charge in [-0.15, -0.1) is 68.0 Å². The van der Waals surface area contributed by atoms with Crippen molar-refractivity contribution in [3.63, 3.8) is 0 Å². The van der Waals surface area contributed by atoms with Crippen LogP contribution in [0.25, 0.3) is 123 Å². The van der Waals surface area contributed by atoms with Gasteiger partial charge in [0.2, 0.25) is 34.9 Å². The van der Waals surface area contributed by atoms with Gasteiger partial charge in [0.05, 0.1) is 33.4 Å². The molecule has 522 valence electrons. The number of fused-ring (bicyclic) bond motifs is 12. The SMILES string of the molecule is Fc1c(F)c(F)c(-c2c3ccc(s3)c(-c3c(F)c(F)c(F)c(F)c3F)c3ccc(s3)c(-c3c(F)c(F)c(F)c(F)c3F)c3ccc(s3)c(-c3c(F)c(F)c(F)c(F)c3F)c3ccc(s3)c(-c3c(F)c(F)c(F)c(F)c3F)c3ccc(s3)c(-c3c(F)c(F)c(F)c(F)c3F)c3ccc2s3)c(F)c1F. The fourth-order valence-corrected chi connectivity index (χ4v) is 18.0. The Morgan fingerprint density at radius 1 is 0.0980 bits per heavy atom. The Morgan fingerprint density at radius 3 is 0.245 bits per heavy atom. The lowest BCUT2D eigenvalue weighted by Gasteiger charge is -2.10. The van der Waals surface area contributed by atoms with Crippen molar-refractivity contribution in [3.05, 3.63) is 247 Å². The van der Waals surface area contributed by atoms with Crippen molar-refractivity contribution in [1.82, 2.24) is 0 Å². The molecule has 36 heteroatoms. The lowest BCUT2D eigenvalue weighted by molar-refractivity contribution is 0.381. The Labute approximate surface area is 567 Å². The normalized spacial score (nSPS) is 11.8. The summed E-state index contributed by atoms with van der Waals surface area (Å²) in [5, 5.41) is 0. The van der Waals surface area contributed by atoms with E-state index in [0.29, 0.717) is 72.8 Å². The van der Waals surface area contributed by atoms with E-state index in [-0.39, 0.29) is 68.0 Å². The minimum Gasteiger partial charge on any atom is -0.203 e. The lowest BCUT2D eigenvalue weighted by Crippen LogP contribution is -2.04. The van der Waals surface area contributed by atoms with Gasteiger partial charge in [0.25, 0.3) is 0 Å². The van der Waals surface area contributed by atoms with Crippen LogP contribution in [0.1, 0.15) is 0 Å². The first-order chi connectivity index (χ1) is 48.1. The third-order valence-corrected chi connectivity index (χ3v) is 22.1. The van der Waals surface area contributed by atoms with Gasteiger partial charge in [-0.2, -0.15) is 0 Å². The summed E-state index contributed by atoms with van der Waals surface area (Å²) in [7, 11) is 0. The summed E-state index contributed by atoms with van der Waals surface area (Å²) >= 11 is -0.955. The van der Waals surface area contributed by atoms with Crippen LogP contribution in [0.3, 0.4) is 0 Å². The van der Waals surface area contributed by atoms with E-state index >= 15 is 105 Å². The van der Waals surface area contributed by atoms with E-state index in [4.69, 9.17) is 0 Å². The summed E-state index contributed by atoms with van der Waals surface area (Å²) in [6.07, 6.45) is 0. The fourth-order valence-electron chi connectivity index (χ4n) is 10.8. The van der Waals surface area contributed by atoms with E-state index < -0.39 is 298 Å². The van der Waals surface area contributed by atoms with Crippen LogP contribution in [-0.2, 0) is 0 Å². The number of benzene rings is 6. The van der Waals surface area contributed by atoms with Gasteiger partial charge in [-0.05, 0) is 72.8 Å². The quantitative estimate of drug-likeness (QED) is 0.0884. The van der Waals surface area contributed by atoms with E-state index in [9.17, 15) is 26.3 Å². The maximum Gasteiger partial charge on any atom is 0.200 e. The molecule has 0 aliphatic heterocycles. The number of hydrogen-bond donors (Lipinski definition) is 0. The minimum atomic E-state index is -2.86. The molecule has 0 unspecified atom stereocenters. The predicted octanol–water partition coefficient (Wildman–Crippen LogP) is 26.5. The third kappa shape index (κ3) is 10.7. The topological polar surface area (TPSA) is 0 Å². The number of rotatable bonds is 6. The first-order valence-electron chi connectivity index (χ1n) is 27.1. The van der Waals surface area contributed by atoms with Gasteiger partial charge in [-0.1, -0.05) is 0 Å². The van der Waals surface area contributed by atoms with Gasteiger partial charge < -0.3 is 0 Å². The van der Waals surface area contributed by atoms with Crippen LogP contribution in [0.4, 0.5) is 132 Å². The Kier molecular flexibility index (Phi) is 18.0. The highest BCUT2D eigenvalue weighted by atomic mass is 32.1. The van der Waals surface area contributed by atoms with Gasteiger partial charge in [-0.3, -0.25) is 0 Å². The molecule has 6 aromatic carbocycles. The van der Waals surface area contributed by atoms with Crippen molar-refractivity contribution in [1.29, 1.82) is 0 Å². The molecule has 0 amide bonds. The second kappa shape index (κ2) is 25.9. The van der Waals surface area contributed by atoms with E-state index in [1.165, 1.54) is 0 Å². The maximum atomic E-state index is 16.5. The van der Waals surface area contributed by atoms with E-state index in [0.717, 1.165) is 0 Å². The van der Waals surface area contributed by atoms with Crippen molar-refractivity contribution in [3.8, 4) is 66.8 Å². The third-order valence-electron chi connectivity index (χ3n) is 15.4. The minimum absolute atomic E-state index is 0.159. The molecule has 7 aromatic heterocycles. The van der Waals surface area contributed by atoms with Gasteiger partial charge in [0, 0.05) is 89.8 Å². The van der Waals surface area contributed by atoms with Crippen molar-refractivity contribution >= 4 is 124 Å². The molecule has 0 aliphatic carbocycles. The summed E-state index contributed by atoms with van der Waals surface area (Å²) in [6.45, 7) is 0. The van der Waals surface area contributed by atoms with Crippen LogP contribution in [0, 0.1) is 175 Å². The number of thiophene rings is 6. The summed E-state index contributed by atoms with van der Waals surface area (Å²) < 4.78 is 463. The van der Waals surface area contributed by atoms with Crippen LogP contribution in [0.15, 0.2) is 72.8 Å². The maximum absolute atomic E-state index is 16.5. The summed E-state index contributed by atoms with van der Waals surface area (Å²) in [5.41, 5.74) is -20.2. The zero-order valence-electron chi connectivity index (χ0n) is 47.7. The fraction of sp³-hybridized carbons (Fsp3) is 0. The molecule has 0 saturated heterocycles. The Bertz CT molecular complexity index is 4900. The van der Waals surface area contributed by atoms with E-state index in [1.807, 2.05) is 0 Å². The molecular weight excluding hydrogens is 1560 g/mol. The molecule has 0 nitrogen and oxygen atoms in total. The average Bonchev–Trinajstić information content (AvgIpc) is 1.59. The second-order valence-corrected chi connectivity index (χ2v) is 27.4.